The molecule has 0 unspecified atom stereocenters. The van der Waals surface area contributed by atoms with Gasteiger partial charge in [-0.1, -0.05) is 48.5 Å². The van der Waals surface area contributed by atoms with Crippen molar-refractivity contribution >= 4 is 35.0 Å². The van der Waals surface area contributed by atoms with Gasteiger partial charge in [-0.3, -0.25) is 0 Å². The summed E-state index contributed by atoms with van der Waals surface area (Å²) in [5.41, 5.74) is 8.30. The smallest absolute Gasteiger partial charge is 0.180 e. The van der Waals surface area contributed by atoms with Crippen molar-refractivity contribution in [1.82, 2.24) is 0 Å². The molecule has 0 bridgehead atoms. The maximum Gasteiger partial charge on any atom is 0.180 e. The molecule has 104 valence electrons. The highest BCUT2D eigenvalue weighted by atomic mass is 35.5. The molecule has 19 heavy (non-hydrogen) atoms. The number of rotatable bonds is 3. The number of nitrogens with zero attached hydrogens (tertiary/aromatic N) is 2. The van der Waals surface area contributed by atoms with E-state index >= 15 is 0 Å². The number of halogens is 1. The second-order valence-electron chi connectivity index (χ2n) is 4.44. The van der Waals surface area contributed by atoms with Crippen LogP contribution in [0, 0.1) is 0 Å². The standard InChI is InChI=1S/C14H19N3S.ClH/c15-14(17-16-13-9-5-2-6-10-13)18-11-12-7-3-1-4-8-12;/h1,3-4,7-8H,2,5-6,9-11H2,(H2,15,17);1H. The van der Waals surface area contributed by atoms with E-state index < -0.39 is 0 Å². The van der Waals surface area contributed by atoms with Crippen LogP contribution in [0.15, 0.2) is 40.5 Å². The van der Waals surface area contributed by atoms with Gasteiger partial charge >= 0.3 is 0 Å². The average Bonchev–Trinajstić information content (AvgIpc) is 2.45. The largest absolute Gasteiger partial charge is 0.377 e. The van der Waals surface area contributed by atoms with E-state index in [1.54, 1.807) is 0 Å². The first-order valence-electron chi connectivity index (χ1n) is 6.40. The molecule has 2 N–H and O–H groups in total. The summed E-state index contributed by atoms with van der Waals surface area (Å²) in [6, 6.07) is 10.3. The topological polar surface area (TPSA) is 50.7 Å². The summed E-state index contributed by atoms with van der Waals surface area (Å²) in [5, 5.41) is 8.92. The van der Waals surface area contributed by atoms with Gasteiger partial charge in [-0.15, -0.1) is 17.5 Å². The van der Waals surface area contributed by atoms with Gasteiger partial charge < -0.3 is 5.73 Å². The Hall–Kier alpha value is -1.00. The number of nitrogens with two attached hydrogens (primary N) is 1. The molecule has 1 aromatic rings. The molecule has 1 saturated carbocycles. The minimum Gasteiger partial charge on any atom is -0.377 e. The van der Waals surface area contributed by atoms with Crippen LogP contribution in [0.5, 0.6) is 0 Å². The zero-order chi connectivity index (χ0) is 12.6. The third-order valence-corrected chi connectivity index (χ3v) is 3.81. The monoisotopic (exact) mass is 297 g/mol. The molecular weight excluding hydrogens is 278 g/mol. The first-order chi connectivity index (χ1) is 8.84. The summed E-state index contributed by atoms with van der Waals surface area (Å²) < 4.78 is 0. The van der Waals surface area contributed by atoms with Gasteiger partial charge in [0.25, 0.3) is 0 Å². The molecule has 0 amide bonds. The number of benzene rings is 1. The van der Waals surface area contributed by atoms with E-state index in [0.717, 1.165) is 18.6 Å². The van der Waals surface area contributed by atoms with Crippen molar-refractivity contribution < 1.29 is 0 Å². The first-order valence-corrected chi connectivity index (χ1v) is 7.39. The molecular formula is C14H20ClN3S. The van der Waals surface area contributed by atoms with E-state index in [9.17, 15) is 0 Å². The Morgan fingerprint density at radius 3 is 2.47 bits per heavy atom. The van der Waals surface area contributed by atoms with E-state index in [4.69, 9.17) is 5.73 Å². The van der Waals surface area contributed by atoms with Crippen LogP contribution < -0.4 is 5.73 Å². The lowest BCUT2D eigenvalue weighted by atomic mass is 9.99. The van der Waals surface area contributed by atoms with Gasteiger partial charge in [-0.2, -0.15) is 5.10 Å². The quantitative estimate of drug-likeness (QED) is 0.521. The lowest BCUT2D eigenvalue weighted by molar-refractivity contribution is 0.664. The Kier molecular flexibility index (Phi) is 7.60. The minimum atomic E-state index is 0. The molecule has 0 saturated heterocycles. The summed E-state index contributed by atoms with van der Waals surface area (Å²) in [5.74, 6) is 0.848. The lowest BCUT2D eigenvalue weighted by Crippen LogP contribution is -2.08. The fraction of sp³-hybridized carbons (Fsp3) is 0.429. The Bertz CT molecular complexity index is 424. The number of amidine groups is 1. The summed E-state index contributed by atoms with van der Waals surface area (Å²) in [6.07, 6.45) is 5.97. The van der Waals surface area contributed by atoms with E-state index in [-0.39, 0.29) is 12.4 Å². The van der Waals surface area contributed by atoms with E-state index in [1.165, 1.54) is 42.3 Å². The predicted octanol–water partition coefficient (Wildman–Crippen LogP) is 3.98. The Labute approximate surface area is 125 Å². The van der Waals surface area contributed by atoms with E-state index in [2.05, 4.69) is 22.3 Å². The van der Waals surface area contributed by atoms with Crippen LogP contribution in [0.1, 0.15) is 37.7 Å². The number of hydrogen-bond donors (Lipinski definition) is 1. The molecule has 0 spiro atoms. The van der Waals surface area contributed by atoms with Crippen LogP contribution in [0.2, 0.25) is 0 Å². The van der Waals surface area contributed by atoms with Gasteiger partial charge in [0.1, 0.15) is 0 Å². The van der Waals surface area contributed by atoms with Crippen molar-refractivity contribution in [3.63, 3.8) is 0 Å². The Morgan fingerprint density at radius 2 is 1.79 bits per heavy atom. The van der Waals surface area contributed by atoms with Gasteiger partial charge in [0.2, 0.25) is 0 Å². The molecule has 1 aromatic carbocycles. The predicted molar refractivity (Wildman–Crippen MR) is 87.1 cm³/mol. The minimum absolute atomic E-state index is 0. The highest BCUT2D eigenvalue weighted by Crippen LogP contribution is 2.16. The van der Waals surface area contributed by atoms with Crippen LogP contribution in [0.4, 0.5) is 0 Å². The number of hydrogen-bond acceptors (Lipinski definition) is 3. The van der Waals surface area contributed by atoms with Gasteiger partial charge in [0.05, 0.1) is 0 Å². The third kappa shape index (κ3) is 6.12. The summed E-state index contributed by atoms with van der Waals surface area (Å²) in [6.45, 7) is 0. The van der Waals surface area contributed by atoms with Crippen molar-refractivity contribution in [2.45, 2.75) is 37.9 Å². The molecule has 2 rings (SSSR count). The van der Waals surface area contributed by atoms with E-state index in [0.29, 0.717) is 5.17 Å². The average molecular weight is 298 g/mol. The van der Waals surface area contributed by atoms with Crippen molar-refractivity contribution in [2.24, 2.45) is 15.9 Å². The molecule has 5 heteroatoms. The molecule has 1 aliphatic rings. The molecule has 0 atom stereocenters. The fourth-order valence-electron chi connectivity index (χ4n) is 1.94. The Morgan fingerprint density at radius 1 is 1.11 bits per heavy atom. The summed E-state index contributed by atoms with van der Waals surface area (Å²) in [7, 11) is 0. The molecule has 0 radical (unpaired) electrons. The summed E-state index contributed by atoms with van der Waals surface area (Å²) in [4.78, 5) is 0. The molecule has 0 heterocycles. The van der Waals surface area contributed by atoms with Gasteiger partial charge in [0.15, 0.2) is 5.17 Å². The highest BCUT2D eigenvalue weighted by Gasteiger charge is 2.06. The maximum atomic E-state index is 5.84. The zero-order valence-corrected chi connectivity index (χ0v) is 12.6. The Balaban J connectivity index is 0.00000180. The van der Waals surface area contributed by atoms with Gasteiger partial charge in [0, 0.05) is 11.5 Å². The van der Waals surface area contributed by atoms with Crippen LogP contribution in [0.3, 0.4) is 0 Å². The summed E-state index contributed by atoms with van der Waals surface area (Å²) >= 11 is 1.54. The van der Waals surface area contributed by atoms with Crippen molar-refractivity contribution in [1.29, 1.82) is 0 Å². The highest BCUT2D eigenvalue weighted by molar-refractivity contribution is 8.13. The maximum absolute atomic E-state index is 5.84. The molecule has 3 nitrogen and oxygen atoms in total. The fourth-order valence-corrected chi connectivity index (χ4v) is 2.55. The molecule has 0 aliphatic heterocycles. The zero-order valence-electron chi connectivity index (χ0n) is 10.9. The molecule has 1 fully saturated rings. The second-order valence-corrected chi connectivity index (χ2v) is 5.44. The molecule has 0 aromatic heterocycles. The third-order valence-electron chi connectivity index (χ3n) is 2.95. The van der Waals surface area contributed by atoms with Crippen molar-refractivity contribution in [2.75, 3.05) is 0 Å². The van der Waals surface area contributed by atoms with Gasteiger partial charge in [-0.05, 0) is 31.2 Å². The van der Waals surface area contributed by atoms with Crippen LogP contribution in [-0.4, -0.2) is 10.9 Å². The van der Waals surface area contributed by atoms with Crippen LogP contribution in [-0.2, 0) is 5.75 Å². The van der Waals surface area contributed by atoms with Crippen molar-refractivity contribution in [3.8, 4) is 0 Å². The first kappa shape index (κ1) is 16.1. The van der Waals surface area contributed by atoms with E-state index in [1.807, 2.05) is 18.2 Å². The van der Waals surface area contributed by atoms with Crippen molar-refractivity contribution in [3.05, 3.63) is 35.9 Å². The second kappa shape index (κ2) is 8.99. The SMILES string of the molecule is Cl.NC(=NN=C1CCCCC1)SCc1ccccc1. The number of thioether (sulfide) groups is 1. The van der Waals surface area contributed by atoms with Gasteiger partial charge in [-0.25, -0.2) is 0 Å². The molecule has 1 aliphatic carbocycles. The van der Waals surface area contributed by atoms with Crippen LogP contribution >= 0.6 is 24.2 Å². The van der Waals surface area contributed by atoms with Crippen LogP contribution in [0.25, 0.3) is 0 Å². The lowest BCUT2D eigenvalue weighted by Gasteiger charge is -2.10. The normalized spacial score (nSPS) is 15.8.